The Balaban J connectivity index is 1.75. The molecule has 2 aliphatic rings. The summed E-state index contributed by atoms with van der Waals surface area (Å²) in [6.45, 7) is 8.86. The second kappa shape index (κ2) is 6.10. The lowest BCUT2D eigenvalue weighted by Gasteiger charge is -2.46. The maximum Gasteiger partial charge on any atom is 0.272 e. The molecule has 0 bridgehead atoms. The van der Waals surface area contributed by atoms with Gasteiger partial charge in [0.2, 0.25) is 0 Å². The van der Waals surface area contributed by atoms with Gasteiger partial charge in [-0.1, -0.05) is 0 Å². The van der Waals surface area contributed by atoms with Gasteiger partial charge < -0.3 is 21.1 Å². The highest BCUT2D eigenvalue weighted by molar-refractivity contribution is 5.98. The predicted molar refractivity (Wildman–Crippen MR) is 92.3 cm³/mol. The van der Waals surface area contributed by atoms with Gasteiger partial charge in [0.25, 0.3) is 11.8 Å². The molecule has 25 heavy (non-hydrogen) atoms. The number of carbonyl (C=O) groups excluding carboxylic acids is 2. The summed E-state index contributed by atoms with van der Waals surface area (Å²) in [6, 6.07) is 1.51. The molecule has 1 aromatic heterocycles. The molecular weight excluding hydrogens is 322 g/mol. The van der Waals surface area contributed by atoms with E-state index in [1.807, 2.05) is 0 Å². The average Bonchev–Trinajstić information content (AvgIpc) is 2.80. The molecule has 0 aliphatic carbocycles. The summed E-state index contributed by atoms with van der Waals surface area (Å²) in [5, 5.41) is 23.3. The highest BCUT2D eigenvalue weighted by Gasteiger charge is 2.38. The van der Waals surface area contributed by atoms with Crippen LogP contribution in [0, 0.1) is 0 Å². The molecule has 2 amide bonds. The van der Waals surface area contributed by atoms with Crippen LogP contribution in [0.5, 0.6) is 0 Å². The number of fused-ring (bicyclic) bond motifs is 1. The minimum atomic E-state index is -0.716. The van der Waals surface area contributed by atoms with Crippen molar-refractivity contribution in [2.24, 2.45) is 0 Å². The molecule has 1 fully saturated rings. The van der Waals surface area contributed by atoms with E-state index in [0.717, 1.165) is 12.8 Å². The molecule has 138 valence electrons. The van der Waals surface area contributed by atoms with E-state index >= 15 is 0 Å². The van der Waals surface area contributed by atoms with E-state index in [4.69, 9.17) is 0 Å². The summed E-state index contributed by atoms with van der Waals surface area (Å²) in [5.41, 5.74) is 0.352. The van der Waals surface area contributed by atoms with Gasteiger partial charge in [-0.25, -0.2) is 0 Å². The van der Waals surface area contributed by atoms with Gasteiger partial charge in [-0.2, -0.15) is 5.10 Å². The van der Waals surface area contributed by atoms with Gasteiger partial charge in [0.1, 0.15) is 5.69 Å². The first-order valence-electron chi connectivity index (χ1n) is 8.69. The zero-order chi connectivity index (χ0) is 18.4. The summed E-state index contributed by atoms with van der Waals surface area (Å²) in [7, 11) is 0. The number of aliphatic hydroxyl groups is 1. The minimum Gasteiger partial charge on any atom is -0.389 e. The Morgan fingerprint density at radius 1 is 1.32 bits per heavy atom. The third-order valence-corrected chi connectivity index (χ3v) is 4.65. The van der Waals surface area contributed by atoms with Crippen molar-refractivity contribution in [3.63, 3.8) is 0 Å². The number of aliphatic hydroxyl groups excluding tert-OH is 1. The maximum absolute atomic E-state index is 12.6. The van der Waals surface area contributed by atoms with Crippen LogP contribution in [-0.2, 0) is 6.54 Å². The van der Waals surface area contributed by atoms with Gasteiger partial charge >= 0.3 is 0 Å². The summed E-state index contributed by atoms with van der Waals surface area (Å²) >= 11 is 0. The van der Waals surface area contributed by atoms with E-state index in [2.05, 4.69) is 48.7 Å². The van der Waals surface area contributed by atoms with E-state index in [9.17, 15) is 14.7 Å². The molecule has 1 aromatic rings. The smallest absolute Gasteiger partial charge is 0.272 e. The fraction of sp³-hybridized carbons (Fsp3) is 0.706. The monoisotopic (exact) mass is 349 g/mol. The van der Waals surface area contributed by atoms with Crippen molar-refractivity contribution >= 4 is 11.8 Å². The first-order valence-corrected chi connectivity index (χ1v) is 8.69. The quantitative estimate of drug-likeness (QED) is 0.602. The number of hydrogen-bond donors (Lipinski definition) is 4. The first kappa shape index (κ1) is 17.9. The van der Waals surface area contributed by atoms with Crippen LogP contribution in [0.3, 0.4) is 0 Å². The van der Waals surface area contributed by atoms with E-state index in [1.165, 1.54) is 10.7 Å². The summed E-state index contributed by atoms with van der Waals surface area (Å²) in [4.78, 5) is 24.6. The summed E-state index contributed by atoms with van der Waals surface area (Å²) in [5.74, 6) is -0.617. The van der Waals surface area contributed by atoms with E-state index in [-0.39, 0.29) is 47.7 Å². The SMILES string of the molecule is CC1(C)CC(NC(=O)c2cc3n(n2)C[C@H](O)CNC3=O)CC(C)(C)N1. The van der Waals surface area contributed by atoms with Gasteiger partial charge in [0.15, 0.2) is 5.69 Å². The van der Waals surface area contributed by atoms with Crippen LogP contribution in [0.1, 0.15) is 61.5 Å². The molecule has 2 aliphatic heterocycles. The van der Waals surface area contributed by atoms with E-state index in [1.54, 1.807) is 0 Å². The first-order chi connectivity index (χ1) is 11.5. The third kappa shape index (κ3) is 4.01. The molecule has 0 radical (unpaired) electrons. The second-order valence-electron chi connectivity index (χ2n) is 8.43. The van der Waals surface area contributed by atoms with Crippen LogP contribution in [-0.4, -0.2) is 56.5 Å². The van der Waals surface area contributed by atoms with E-state index < -0.39 is 6.10 Å². The lowest BCUT2D eigenvalue weighted by molar-refractivity contribution is 0.0865. The molecule has 3 rings (SSSR count). The Labute approximate surface area is 147 Å². The fourth-order valence-electron chi connectivity index (χ4n) is 4.10. The number of hydrogen-bond acceptors (Lipinski definition) is 5. The molecule has 1 atom stereocenters. The number of piperidine rings is 1. The lowest BCUT2D eigenvalue weighted by atomic mass is 9.79. The van der Waals surface area contributed by atoms with Crippen molar-refractivity contribution in [3.8, 4) is 0 Å². The van der Waals surface area contributed by atoms with Crippen LogP contribution >= 0.6 is 0 Å². The summed E-state index contributed by atoms with van der Waals surface area (Å²) < 4.78 is 1.40. The molecule has 0 spiro atoms. The van der Waals surface area contributed by atoms with Crippen molar-refractivity contribution in [2.75, 3.05) is 6.54 Å². The molecule has 8 nitrogen and oxygen atoms in total. The summed E-state index contributed by atoms with van der Waals surface area (Å²) in [6.07, 6.45) is 0.913. The lowest BCUT2D eigenvalue weighted by Crippen LogP contribution is -2.62. The fourth-order valence-corrected chi connectivity index (χ4v) is 4.10. The van der Waals surface area contributed by atoms with Crippen molar-refractivity contribution in [1.82, 2.24) is 25.7 Å². The zero-order valence-electron chi connectivity index (χ0n) is 15.2. The maximum atomic E-state index is 12.6. The topological polar surface area (TPSA) is 108 Å². The van der Waals surface area contributed by atoms with Gasteiger partial charge in [-0.3, -0.25) is 14.3 Å². The van der Waals surface area contributed by atoms with Crippen molar-refractivity contribution in [1.29, 1.82) is 0 Å². The van der Waals surface area contributed by atoms with Crippen molar-refractivity contribution < 1.29 is 14.7 Å². The Hall–Kier alpha value is -1.93. The number of rotatable bonds is 2. The number of carbonyl (C=O) groups is 2. The largest absolute Gasteiger partial charge is 0.389 e. The van der Waals surface area contributed by atoms with Crippen LogP contribution in [0.15, 0.2) is 6.07 Å². The number of nitrogens with one attached hydrogen (secondary N) is 3. The molecule has 1 saturated heterocycles. The van der Waals surface area contributed by atoms with Gasteiger partial charge in [-0.05, 0) is 40.5 Å². The molecule has 8 heteroatoms. The van der Waals surface area contributed by atoms with Crippen LogP contribution < -0.4 is 16.0 Å². The third-order valence-electron chi connectivity index (χ3n) is 4.65. The average molecular weight is 349 g/mol. The van der Waals surface area contributed by atoms with Gasteiger partial charge in [0.05, 0.1) is 12.6 Å². The Morgan fingerprint density at radius 2 is 1.96 bits per heavy atom. The van der Waals surface area contributed by atoms with Crippen LogP contribution in [0.4, 0.5) is 0 Å². The molecule has 0 aromatic carbocycles. The second-order valence-corrected chi connectivity index (χ2v) is 8.43. The van der Waals surface area contributed by atoms with E-state index in [0.29, 0.717) is 5.69 Å². The number of β-amino-alcohol motifs (C(OH)–C–C–N with tert-alkyl or cyclic N) is 1. The molecule has 3 heterocycles. The van der Waals surface area contributed by atoms with Gasteiger partial charge in [-0.15, -0.1) is 0 Å². The molecular formula is C17H27N5O3. The normalized spacial score (nSPS) is 25.6. The highest BCUT2D eigenvalue weighted by atomic mass is 16.3. The van der Waals surface area contributed by atoms with Crippen LogP contribution in [0.25, 0.3) is 0 Å². The molecule has 0 saturated carbocycles. The predicted octanol–water partition coefficient (Wildman–Crippen LogP) is 0.0264. The Morgan fingerprint density at radius 3 is 2.60 bits per heavy atom. The Kier molecular flexibility index (Phi) is 4.36. The minimum absolute atomic E-state index is 0.0275. The van der Waals surface area contributed by atoms with Crippen molar-refractivity contribution in [3.05, 3.63) is 17.5 Å². The number of aromatic nitrogens is 2. The van der Waals surface area contributed by atoms with Gasteiger partial charge in [0, 0.05) is 29.7 Å². The number of nitrogens with zero attached hydrogens (tertiary/aromatic N) is 2. The van der Waals surface area contributed by atoms with Crippen LogP contribution in [0.2, 0.25) is 0 Å². The highest BCUT2D eigenvalue weighted by Crippen LogP contribution is 2.28. The molecule has 0 unspecified atom stereocenters. The van der Waals surface area contributed by atoms with Crippen molar-refractivity contribution in [2.45, 2.75) is 70.3 Å². The standard InChI is InChI=1S/C17H27N5O3/c1-16(2)6-10(7-17(3,4)21-16)19-14(24)12-5-13-15(25)18-8-11(23)9-22(13)20-12/h5,10-11,21,23H,6-9H2,1-4H3,(H,18,25)(H,19,24)/t11-/m1/s1. The zero-order valence-corrected chi connectivity index (χ0v) is 15.2. The molecule has 4 N–H and O–H groups in total. The number of amides is 2. The Bertz CT molecular complexity index is 678.